The normalized spacial score (nSPS) is 16.0. The fraction of sp³-hybridized carbons (Fsp3) is 0.100. The van der Waals surface area contributed by atoms with Crippen LogP contribution in [0.3, 0.4) is 0 Å². The van der Waals surface area contributed by atoms with Crippen LogP contribution in [-0.2, 0) is 6.54 Å². The summed E-state index contributed by atoms with van der Waals surface area (Å²) in [4.78, 5) is 4.12. The van der Waals surface area contributed by atoms with Gasteiger partial charge in [-0.25, -0.2) is 0 Å². The molecular formula is C10H9N3. The largest absolute Gasteiger partial charge is 0.380 e. The smallest absolute Gasteiger partial charge is 0.0540 e. The van der Waals surface area contributed by atoms with Crippen LogP contribution < -0.4 is 10.6 Å². The summed E-state index contributed by atoms with van der Waals surface area (Å²) in [5, 5.41) is 6.49. The second-order valence-electron chi connectivity index (χ2n) is 3.15. The van der Waals surface area contributed by atoms with Crippen molar-refractivity contribution in [1.29, 1.82) is 0 Å². The van der Waals surface area contributed by atoms with Crippen LogP contribution in [0.15, 0.2) is 29.5 Å². The predicted molar refractivity (Wildman–Crippen MR) is 54.1 cm³/mol. The number of anilines is 2. The summed E-state index contributed by atoms with van der Waals surface area (Å²) < 4.78 is 0. The highest BCUT2D eigenvalue weighted by Crippen LogP contribution is 2.35. The number of benzene rings is 1. The number of hydrogen-bond donors (Lipinski definition) is 2. The van der Waals surface area contributed by atoms with Crippen LogP contribution in [0.25, 0.3) is 0 Å². The Hall–Kier alpha value is -1.77. The van der Waals surface area contributed by atoms with Crippen molar-refractivity contribution in [3.63, 3.8) is 0 Å². The van der Waals surface area contributed by atoms with Crippen molar-refractivity contribution in [2.75, 3.05) is 10.6 Å². The molecule has 2 heterocycles. The third-order valence-corrected chi connectivity index (χ3v) is 2.40. The van der Waals surface area contributed by atoms with E-state index in [4.69, 9.17) is 0 Å². The molecule has 2 N–H and O–H groups in total. The molecule has 0 atom stereocenters. The summed E-state index contributed by atoms with van der Waals surface area (Å²) in [5.74, 6) is 0. The van der Waals surface area contributed by atoms with E-state index in [1.165, 1.54) is 16.9 Å². The molecule has 0 saturated carbocycles. The zero-order chi connectivity index (χ0) is 8.67. The van der Waals surface area contributed by atoms with Crippen molar-refractivity contribution in [3.05, 3.63) is 35.7 Å². The van der Waals surface area contributed by atoms with Gasteiger partial charge >= 0.3 is 0 Å². The predicted octanol–water partition coefficient (Wildman–Crippen LogP) is 1.93. The summed E-state index contributed by atoms with van der Waals surface area (Å²) in [6.45, 7) is 0.952. The lowest BCUT2D eigenvalue weighted by Crippen LogP contribution is -2.16. The van der Waals surface area contributed by atoms with Crippen LogP contribution >= 0.6 is 0 Å². The summed E-state index contributed by atoms with van der Waals surface area (Å²) in [6, 6.07) is 4.17. The zero-order valence-corrected chi connectivity index (χ0v) is 7.04. The third-order valence-electron chi connectivity index (χ3n) is 2.40. The highest BCUT2D eigenvalue weighted by atomic mass is 15.0. The highest BCUT2D eigenvalue weighted by Gasteiger charge is 2.18. The van der Waals surface area contributed by atoms with E-state index in [1.54, 1.807) is 6.20 Å². The maximum Gasteiger partial charge on any atom is 0.0540 e. The molecule has 0 amide bonds. The van der Waals surface area contributed by atoms with Crippen molar-refractivity contribution >= 4 is 17.6 Å². The molecule has 0 saturated heterocycles. The Morgan fingerprint density at radius 3 is 3.15 bits per heavy atom. The maximum absolute atomic E-state index is 4.12. The lowest BCUT2D eigenvalue weighted by Gasteiger charge is -2.25. The number of fused-ring (bicyclic) bond motifs is 3. The Bertz CT molecular complexity index is 418. The Morgan fingerprint density at radius 2 is 2.31 bits per heavy atom. The molecule has 13 heavy (non-hydrogen) atoms. The minimum absolute atomic E-state index is 0.952. The number of rotatable bonds is 0. The minimum atomic E-state index is 0.952. The van der Waals surface area contributed by atoms with Gasteiger partial charge in [-0.2, -0.15) is 0 Å². The topological polar surface area (TPSA) is 36.4 Å². The second-order valence-corrected chi connectivity index (χ2v) is 3.15. The molecule has 1 aromatic rings. The lowest BCUT2D eigenvalue weighted by molar-refractivity contribution is 1.05. The Balaban J connectivity index is 2.24. The molecule has 0 fully saturated rings. The van der Waals surface area contributed by atoms with Crippen LogP contribution in [-0.4, -0.2) is 6.21 Å². The third kappa shape index (κ3) is 0.869. The van der Waals surface area contributed by atoms with Crippen LogP contribution in [0.4, 0.5) is 11.4 Å². The molecule has 3 nitrogen and oxygen atoms in total. The van der Waals surface area contributed by atoms with Crippen molar-refractivity contribution in [3.8, 4) is 0 Å². The molecule has 0 aromatic heterocycles. The van der Waals surface area contributed by atoms with Gasteiger partial charge in [0.1, 0.15) is 0 Å². The van der Waals surface area contributed by atoms with Gasteiger partial charge in [0.25, 0.3) is 0 Å². The summed E-state index contributed by atoms with van der Waals surface area (Å²) in [5.41, 5.74) is 4.93. The first kappa shape index (κ1) is 6.71. The zero-order valence-electron chi connectivity index (χ0n) is 7.04. The van der Waals surface area contributed by atoms with E-state index < -0.39 is 0 Å². The molecule has 64 valence electrons. The summed E-state index contributed by atoms with van der Waals surface area (Å²) in [7, 11) is 0. The van der Waals surface area contributed by atoms with Gasteiger partial charge in [-0.1, -0.05) is 0 Å². The van der Waals surface area contributed by atoms with E-state index in [0.29, 0.717) is 0 Å². The van der Waals surface area contributed by atoms with E-state index in [0.717, 1.165) is 12.1 Å². The van der Waals surface area contributed by atoms with E-state index in [9.17, 15) is 0 Å². The first-order chi connectivity index (χ1) is 6.45. The van der Waals surface area contributed by atoms with Crippen molar-refractivity contribution in [1.82, 2.24) is 0 Å². The molecule has 0 unspecified atom stereocenters. The van der Waals surface area contributed by atoms with E-state index in [2.05, 4.69) is 27.8 Å². The lowest BCUT2D eigenvalue weighted by atomic mass is 10.0. The Labute approximate surface area is 76.2 Å². The van der Waals surface area contributed by atoms with Crippen LogP contribution in [0.2, 0.25) is 0 Å². The number of nitrogens with one attached hydrogen (secondary N) is 2. The molecular weight excluding hydrogens is 162 g/mol. The molecule has 3 heteroatoms. The first-order valence-corrected chi connectivity index (χ1v) is 4.29. The maximum atomic E-state index is 4.12. The molecule has 0 radical (unpaired) electrons. The highest BCUT2D eigenvalue weighted by molar-refractivity contribution is 5.93. The van der Waals surface area contributed by atoms with Crippen LogP contribution in [0.1, 0.15) is 11.1 Å². The van der Waals surface area contributed by atoms with E-state index in [1.807, 2.05) is 12.4 Å². The van der Waals surface area contributed by atoms with Crippen molar-refractivity contribution < 1.29 is 0 Å². The molecule has 3 rings (SSSR count). The Kier molecular flexibility index (Phi) is 1.22. The monoisotopic (exact) mass is 171 g/mol. The minimum Gasteiger partial charge on any atom is -0.380 e. The van der Waals surface area contributed by atoms with Gasteiger partial charge in [-0.05, 0) is 12.1 Å². The van der Waals surface area contributed by atoms with Gasteiger partial charge in [-0.3, -0.25) is 4.99 Å². The second kappa shape index (κ2) is 2.36. The van der Waals surface area contributed by atoms with Crippen LogP contribution in [0, 0.1) is 0 Å². The standard InChI is InChI=1S/C10H9N3/c1-2-9-8(6-13-9)10-7(1)5-11-3-4-12-10/h1-5,12-13H,6H2. The quantitative estimate of drug-likeness (QED) is 0.625. The molecule has 2 aliphatic heterocycles. The number of hydrogen-bond acceptors (Lipinski definition) is 3. The Morgan fingerprint density at radius 1 is 1.31 bits per heavy atom. The van der Waals surface area contributed by atoms with Gasteiger partial charge < -0.3 is 10.6 Å². The number of aliphatic imine (C=N–C) groups is 1. The fourth-order valence-corrected chi connectivity index (χ4v) is 1.66. The van der Waals surface area contributed by atoms with E-state index >= 15 is 0 Å². The molecule has 0 aliphatic carbocycles. The SMILES string of the molecule is C1=CNc2c(ccc3c2CN3)C=N1. The average Bonchev–Trinajstić information content (AvgIpc) is 2.29. The fourth-order valence-electron chi connectivity index (χ4n) is 1.66. The van der Waals surface area contributed by atoms with Gasteiger partial charge in [0.2, 0.25) is 0 Å². The van der Waals surface area contributed by atoms with Gasteiger partial charge in [-0.15, -0.1) is 0 Å². The first-order valence-electron chi connectivity index (χ1n) is 4.29. The van der Waals surface area contributed by atoms with Crippen LogP contribution in [0.5, 0.6) is 0 Å². The van der Waals surface area contributed by atoms with Crippen molar-refractivity contribution in [2.45, 2.75) is 6.54 Å². The molecule has 1 aromatic carbocycles. The van der Waals surface area contributed by atoms with Gasteiger partial charge in [0, 0.05) is 42.0 Å². The molecule has 2 aliphatic rings. The average molecular weight is 171 g/mol. The molecule has 0 spiro atoms. The number of nitrogens with zero attached hydrogens (tertiary/aromatic N) is 1. The van der Waals surface area contributed by atoms with E-state index in [-0.39, 0.29) is 0 Å². The van der Waals surface area contributed by atoms with Crippen molar-refractivity contribution in [2.24, 2.45) is 4.99 Å². The summed E-state index contributed by atoms with van der Waals surface area (Å²) >= 11 is 0. The van der Waals surface area contributed by atoms with Gasteiger partial charge in [0.05, 0.1) is 5.69 Å². The molecule has 0 bridgehead atoms. The summed E-state index contributed by atoms with van der Waals surface area (Å²) in [6.07, 6.45) is 5.50. The van der Waals surface area contributed by atoms with Gasteiger partial charge in [0.15, 0.2) is 0 Å².